The van der Waals surface area contributed by atoms with Crippen LogP contribution in [0.1, 0.15) is 10.4 Å². The zero-order valence-electron chi connectivity index (χ0n) is 9.03. The molecular formula is C9H11F3N4O2. The highest BCUT2D eigenvalue weighted by molar-refractivity contribution is 5.98. The molecule has 0 saturated carbocycles. The summed E-state index contributed by atoms with van der Waals surface area (Å²) in [4.78, 5) is 14.7. The lowest BCUT2D eigenvalue weighted by atomic mass is 10.2. The second-order valence-electron chi connectivity index (χ2n) is 3.47. The Morgan fingerprint density at radius 2 is 2.17 bits per heavy atom. The molecule has 0 bridgehead atoms. The fourth-order valence-electron chi connectivity index (χ4n) is 1.12. The number of rotatable bonds is 4. The number of nitrogens with one attached hydrogen (secondary N) is 1. The predicted octanol–water partition coefficient (Wildman–Crippen LogP) is 0.0978. The number of carbonyl (C=O) groups is 1. The Bertz CT molecular complexity index is 450. The lowest BCUT2D eigenvalue weighted by Crippen LogP contribution is -2.35. The van der Waals surface area contributed by atoms with Crippen LogP contribution in [0, 0.1) is 0 Å². The van der Waals surface area contributed by atoms with Crippen molar-refractivity contribution >= 4 is 17.4 Å². The summed E-state index contributed by atoms with van der Waals surface area (Å²) < 4.78 is 36.2. The molecule has 9 heteroatoms. The zero-order chi connectivity index (χ0) is 13.9. The number of alkyl halides is 3. The van der Waals surface area contributed by atoms with Crippen molar-refractivity contribution in [2.75, 3.05) is 17.6 Å². The van der Waals surface area contributed by atoms with Crippen LogP contribution in [0.4, 0.5) is 24.7 Å². The number of nitrogen functional groups attached to an aromatic ring is 1. The van der Waals surface area contributed by atoms with E-state index in [0.717, 1.165) is 6.20 Å². The topological polar surface area (TPSA) is 114 Å². The van der Waals surface area contributed by atoms with Gasteiger partial charge in [0.25, 0.3) is 5.91 Å². The van der Waals surface area contributed by atoms with E-state index in [2.05, 4.69) is 10.3 Å². The maximum Gasteiger partial charge on any atom is 0.416 e. The number of carbonyl (C=O) groups excluding carboxylic acids is 1. The number of aliphatic hydroxyl groups excluding tert-OH is 1. The van der Waals surface area contributed by atoms with Crippen LogP contribution in [-0.4, -0.2) is 34.8 Å². The third-order valence-corrected chi connectivity index (χ3v) is 2.02. The van der Waals surface area contributed by atoms with E-state index in [-0.39, 0.29) is 17.1 Å². The van der Waals surface area contributed by atoms with Crippen LogP contribution in [0.3, 0.4) is 0 Å². The van der Waals surface area contributed by atoms with Crippen molar-refractivity contribution in [1.29, 1.82) is 0 Å². The molecule has 6 nitrogen and oxygen atoms in total. The van der Waals surface area contributed by atoms with Crippen LogP contribution in [0.25, 0.3) is 0 Å². The number of hydrogen-bond acceptors (Lipinski definition) is 5. The molecule has 18 heavy (non-hydrogen) atoms. The molecule has 0 aliphatic carbocycles. The summed E-state index contributed by atoms with van der Waals surface area (Å²) in [5, 5.41) is 11.0. The maximum atomic E-state index is 12.1. The van der Waals surface area contributed by atoms with Crippen LogP contribution >= 0.6 is 0 Å². The lowest BCUT2D eigenvalue weighted by molar-refractivity contribution is -0.198. The van der Waals surface area contributed by atoms with Gasteiger partial charge in [-0.1, -0.05) is 0 Å². The van der Waals surface area contributed by atoms with E-state index in [0.29, 0.717) is 0 Å². The number of nitrogens with zero attached hydrogens (tertiary/aromatic N) is 1. The summed E-state index contributed by atoms with van der Waals surface area (Å²) in [6.45, 7) is -0.847. The molecular weight excluding hydrogens is 253 g/mol. The molecule has 0 radical (unpaired) electrons. The Balaban J connectivity index is 2.82. The van der Waals surface area contributed by atoms with Crippen LogP contribution in [0.2, 0.25) is 0 Å². The van der Waals surface area contributed by atoms with Crippen LogP contribution in [0.15, 0.2) is 12.3 Å². The number of primary amides is 1. The van der Waals surface area contributed by atoms with E-state index in [1.165, 1.54) is 6.07 Å². The van der Waals surface area contributed by atoms with E-state index < -0.39 is 24.7 Å². The van der Waals surface area contributed by atoms with Gasteiger partial charge < -0.3 is 21.9 Å². The number of halogens is 3. The van der Waals surface area contributed by atoms with Crippen molar-refractivity contribution in [1.82, 2.24) is 4.98 Å². The molecule has 6 N–H and O–H groups in total. The Morgan fingerprint density at radius 3 is 2.67 bits per heavy atom. The van der Waals surface area contributed by atoms with Gasteiger partial charge in [0.05, 0.1) is 24.0 Å². The number of amides is 1. The molecule has 0 aromatic carbocycles. The fraction of sp³-hybridized carbons (Fsp3) is 0.333. The smallest absolute Gasteiger partial charge is 0.397 e. The largest absolute Gasteiger partial charge is 0.416 e. The van der Waals surface area contributed by atoms with Gasteiger partial charge in [-0.25, -0.2) is 4.98 Å². The van der Waals surface area contributed by atoms with Crippen molar-refractivity contribution in [2.24, 2.45) is 5.73 Å². The third-order valence-electron chi connectivity index (χ3n) is 2.02. The van der Waals surface area contributed by atoms with Crippen molar-refractivity contribution < 1.29 is 23.1 Å². The van der Waals surface area contributed by atoms with E-state index in [1.807, 2.05) is 0 Å². The average molecular weight is 264 g/mol. The highest BCUT2D eigenvalue weighted by atomic mass is 19.4. The Hall–Kier alpha value is -2.03. The number of anilines is 2. The lowest BCUT2D eigenvalue weighted by Gasteiger charge is -2.16. The molecule has 1 aromatic rings. The SMILES string of the molecule is NC(=O)c1cc(N)cnc1NCC(O)C(F)(F)F. The molecule has 1 heterocycles. The summed E-state index contributed by atoms with van der Waals surface area (Å²) in [5.74, 6) is -1.06. The van der Waals surface area contributed by atoms with Gasteiger partial charge >= 0.3 is 6.18 Å². The number of aliphatic hydroxyl groups is 1. The highest BCUT2D eigenvalue weighted by Crippen LogP contribution is 2.21. The number of pyridine rings is 1. The van der Waals surface area contributed by atoms with Gasteiger partial charge in [0.1, 0.15) is 5.82 Å². The Kier molecular flexibility index (Phi) is 3.96. The van der Waals surface area contributed by atoms with Gasteiger partial charge in [-0.05, 0) is 6.07 Å². The van der Waals surface area contributed by atoms with Crippen molar-refractivity contribution in [3.8, 4) is 0 Å². The van der Waals surface area contributed by atoms with Gasteiger partial charge in [0.15, 0.2) is 6.10 Å². The number of hydrogen-bond donors (Lipinski definition) is 4. The molecule has 0 saturated heterocycles. The molecule has 1 aromatic heterocycles. The monoisotopic (exact) mass is 264 g/mol. The summed E-state index contributed by atoms with van der Waals surface area (Å²) in [6.07, 6.45) is -6.18. The van der Waals surface area contributed by atoms with Gasteiger partial charge in [-0.3, -0.25) is 4.79 Å². The number of aromatic nitrogens is 1. The van der Waals surface area contributed by atoms with E-state index in [4.69, 9.17) is 16.6 Å². The van der Waals surface area contributed by atoms with E-state index >= 15 is 0 Å². The minimum absolute atomic E-state index is 0.144. The van der Waals surface area contributed by atoms with Crippen molar-refractivity contribution in [3.05, 3.63) is 17.8 Å². The van der Waals surface area contributed by atoms with Gasteiger partial charge in [0.2, 0.25) is 0 Å². The summed E-state index contributed by atoms with van der Waals surface area (Å²) in [6, 6.07) is 1.18. The molecule has 100 valence electrons. The molecule has 0 aliphatic heterocycles. The highest BCUT2D eigenvalue weighted by Gasteiger charge is 2.38. The van der Waals surface area contributed by atoms with Crippen LogP contribution in [0.5, 0.6) is 0 Å². The van der Waals surface area contributed by atoms with Crippen molar-refractivity contribution in [2.45, 2.75) is 12.3 Å². The summed E-state index contributed by atoms with van der Waals surface area (Å²) in [5.41, 5.74) is 10.4. The first-order chi connectivity index (χ1) is 8.21. The van der Waals surface area contributed by atoms with Gasteiger partial charge in [-0.15, -0.1) is 0 Å². The standard InChI is InChI=1S/C9H11F3N4O2/c10-9(11,12)6(17)3-16-8-5(7(14)18)1-4(13)2-15-8/h1-2,6,17H,3,13H2,(H2,14,18)(H,15,16). The summed E-state index contributed by atoms with van der Waals surface area (Å²) >= 11 is 0. The average Bonchev–Trinajstić information content (AvgIpc) is 2.25. The quantitative estimate of drug-likeness (QED) is 0.615. The molecule has 1 rings (SSSR count). The molecule has 1 unspecified atom stereocenters. The molecule has 0 spiro atoms. The van der Waals surface area contributed by atoms with Crippen LogP contribution < -0.4 is 16.8 Å². The second-order valence-corrected chi connectivity index (χ2v) is 3.47. The number of nitrogens with two attached hydrogens (primary N) is 2. The van der Waals surface area contributed by atoms with Gasteiger partial charge in [-0.2, -0.15) is 13.2 Å². The third kappa shape index (κ3) is 3.48. The maximum absolute atomic E-state index is 12.1. The van der Waals surface area contributed by atoms with E-state index in [9.17, 15) is 18.0 Å². The minimum Gasteiger partial charge on any atom is -0.397 e. The Labute approximate surface area is 99.8 Å². The first-order valence-corrected chi connectivity index (χ1v) is 4.75. The predicted molar refractivity (Wildman–Crippen MR) is 57.7 cm³/mol. The zero-order valence-corrected chi connectivity index (χ0v) is 9.03. The molecule has 1 atom stereocenters. The van der Waals surface area contributed by atoms with Gasteiger partial charge in [0, 0.05) is 0 Å². The molecule has 0 aliphatic rings. The minimum atomic E-state index is -4.76. The molecule has 1 amide bonds. The Morgan fingerprint density at radius 1 is 1.56 bits per heavy atom. The fourth-order valence-corrected chi connectivity index (χ4v) is 1.12. The van der Waals surface area contributed by atoms with E-state index in [1.54, 1.807) is 0 Å². The molecule has 0 fully saturated rings. The van der Waals surface area contributed by atoms with Crippen molar-refractivity contribution in [3.63, 3.8) is 0 Å². The first kappa shape index (κ1) is 14.0. The first-order valence-electron chi connectivity index (χ1n) is 4.75. The van der Waals surface area contributed by atoms with Crippen LogP contribution in [-0.2, 0) is 0 Å². The second kappa shape index (κ2) is 5.08. The normalized spacial score (nSPS) is 13.1. The summed E-state index contributed by atoms with van der Waals surface area (Å²) in [7, 11) is 0.